The monoisotopic (exact) mass is 270 g/mol. The number of nitrogens with zero attached hydrogens (tertiary/aromatic N) is 1. The summed E-state index contributed by atoms with van der Waals surface area (Å²) in [7, 11) is 0. The number of hydrogen-bond donors (Lipinski definition) is 1. The van der Waals surface area contributed by atoms with E-state index in [1.165, 1.54) is 6.07 Å². The van der Waals surface area contributed by atoms with E-state index >= 15 is 0 Å². The number of halogens is 4. The predicted molar refractivity (Wildman–Crippen MR) is 46.5 cm³/mol. The molecule has 1 aromatic rings. The standard InChI is InChI=1S/C7H6BrF3N2O/c8-5-1-4(2-12)13-3-6(5)14-7(9,10)11/h1,3H,2,12H2. The molecule has 14 heavy (non-hydrogen) atoms. The van der Waals surface area contributed by atoms with Gasteiger partial charge in [0.05, 0.1) is 16.4 Å². The first-order valence-corrected chi connectivity index (χ1v) is 4.32. The third-order valence-corrected chi connectivity index (χ3v) is 1.93. The maximum atomic E-state index is 11.8. The van der Waals surface area contributed by atoms with E-state index in [0.717, 1.165) is 6.20 Å². The lowest BCUT2D eigenvalue weighted by atomic mass is 10.3. The molecule has 0 spiro atoms. The average Bonchev–Trinajstić information content (AvgIpc) is 2.06. The fourth-order valence-electron chi connectivity index (χ4n) is 0.769. The van der Waals surface area contributed by atoms with Gasteiger partial charge in [0.15, 0.2) is 5.75 Å². The van der Waals surface area contributed by atoms with Crippen LogP contribution in [0.25, 0.3) is 0 Å². The normalized spacial score (nSPS) is 11.5. The molecule has 1 heterocycles. The largest absolute Gasteiger partial charge is 0.573 e. The van der Waals surface area contributed by atoms with Gasteiger partial charge < -0.3 is 10.5 Å². The Balaban J connectivity index is 2.89. The quantitative estimate of drug-likeness (QED) is 0.897. The highest BCUT2D eigenvalue weighted by atomic mass is 79.9. The SMILES string of the molecule is NCc1cc(Br)c(OC(F)(F)F)cn1. The van der Waals surface area contributed by atoms with E-state index in [1.807, 2.05) is 0 Å². The van der Waals surface area contributed by atoms with E-state index in [4.69, 9.17) is 5.73 Å². The van der Waals surface area contributed by atoms with Crippen molar-refractivity contribution in [2.75, 3.05) is 0 Å². The predicted octanol–water partition coefficient (Wildman–Crippen LogP) is 2.20. The fraction of sp³-hybridized carbons (Fsp3) is 0.286. The third-order valence-electron chi connectivity index (χ3n) is 1.31. The molecule has 0 fully saturated rings. The maximum absolute atomic E-state index is 11.8. The lowest BCUT2D eigenvalue weighted by Crippen LogP contribution is -2.17. The number of aromatic nitrogens is 1. The maximum Gasteiger partial charge on any atom is 0.573 e. The van der Waals surface area contributed by atoms with Crippen molar-refractivity contribution in [1.82, 2.24) is 4.98 Å². The average molecular weight is 271 g/mol. The molecule has 0 aliphatic rings. The molecule has 0 aliphatic carbocycles. The molecule has 0 saturated carbocycles. The Kier molecular flexibility index (Phi) is 3.33. The summed E-state index contributed by atoms with van der Waals surface area (Å²) in [5, 5.41) is 0. The molecule has 78 valence electrons. The minimum Gasteiger partial charge on any atom is -0.403 e. The van der Waals surface area contributed by atoms with Crippen molar-refractivity contribution in [2.45, 2.75) is 12.9 Å². The van der Waals surface area contributed by atoms with Gasteiger partial charge in [-0.1, -0.05) is 0 Å². The van der Waals surface area contributed by atoms with Crippen LogP contribution in [0, 0.1) is 0 Å². The van der Waals surface area contributed by atoms with Crippen LogP contribution in [-0.2, 0) is 6.54 Å². The Hall–Kier alpha value is -0.820. The number of rotatable bonds is 2. The first-order valence-electron chi connectivity index (χ1n) is 3.52. The molecular weight excluding hydrogens is 265 g/mol. The van der Waals surface area contributed by atoms with E-state index in [9.17, 15) is 13.2 Å². The summed E-state index contributed by atoms with van der Waals surface area (Å²) in [6, 6.07) is 1.38. The van der Waals surface area contributed by atoms with Gasteiger partial charge >= 0.3 is 6.36 Å². The zero-order valence-corrected chi connectivity index (χ0v) is 8.39. The van der Waals surface area contributed by atoms with Gasteiger partial charge in [0, 0.05) is 6.54 Å². The van der Waals surface area contributed by atoms with Crippen LogP contribution in [0.5, 0.6) is 5.75 Å². The molecule has 2 N–H and O–H groups in total. The second kappa shape index (κ2) is 4.14. The van der Waals surface area contributed by atoms with Gasteiger partial charge in [-0.05, 0) is 22.0 Å². The first kappa shape index (κ1) is 11.3. The van der Waals surface area contributed by atoms with Crippen molar-refractivity contribution in [3.8, 4) is 5.75 Å². The highest BCUT2D eigenvalue weighted by molar-refractivity contribution is 9.10. The van der Waals surface area contributed by atoms with Crippen molar-refractivity contribution >= 4 is 15.9 Å². The molecule has 1 rings (SSSR count). The van der Waals surface area contributed by atoms with Crippen molar-refractivity contribution in [2.24, 2.45) is 5.73 Å². The smallest absolute Gasteiger partial charge is 0.403 e. The van der Waals surface area contributed by atoms with Gasteiger partial charge in [0.25, 0.3) is 0 Å². The zero-order chi connectivity index (χ0) is 10.8. The Bertz CT molecular complexity index is 329. The Morgan fingerprint density at radius 1 is 1.50 bits per heavy atom. The van der Waals surface area contributed by atoms with Crippen LogP contribution in [0.2, 0.25) is 0 Å². The van der Waals surface area contributed by atoms with Gasteiger partial charge in [-0.3, -0.25) is 4.98 Å². The lowest BCUT2D eigenvalue weighted by Gasteiger charge is -2.10. The molecule has 0 bridgehead atoms. The highest BCUT2D eigenvalue weighted by Crippen LogP contribution is 2.29. The summed E-state index contributed by atoms with van der Waals surface area (Å²) in [5.74, 6) is -0.380. The van der Waals surface area contributed by atoms with Crippen LogP contribution in [0.1, 0.15) is 5.69 Å². The van der Waals surface area contributed by atoms with E-state index in [1.54, 1.807) is 0 Å². The lowest BCUT2D eigenvalue weighted by molar-refractivity contribution is -0.275. The van der Waals surface area contributed by atoms with Crippen molar-refractivity contribution in [3.05, 3.63) is 22.4 Å². The molecule has 3 nitrogen and oxygen atoms in total. The number of nitrogens with two attached hydrogens (primary N) is 1. The van der Waals surface area contributed by atoms with Gasteiger partial charge in [-0.15, -0.1) is 13.2 Å². The summed E-state index contributed by atoms with van der Waals surface area (Å²) in [6.07, 6.45) is -3.74. The molecule has 0 aromatic carbocycles. The van der Waals surface area contributed by atoms with Crippen LogP contribution >= 0.6 is 15.9 Å². The second-order valence-electron chi connectivity index (χ2n) is 2.36. The van der Waals surface area contributed by atoms with Crippen LogP contribution < -0.4 is 10.5 Å². The summed E-state index contributed by atoms with van der Waals surface area (Å²) >= 11 is 2.92. The van der Waals surface area contributed by atoms with Gasteiger partial charge in [-0.2, -0.15) is 0 Å². The van der Waals surface area contributed by atoms with E-state index in [0.29, 0.717) is 5.69 Å². The number of pyridine rings is 1. The van der Waals surface area contributed by atoms with E-state index in [2.05, 4.69) is 25.7 Å². The Morgan fingerprint density at radius 2 is 2.14 bits per heavy atom. The van der Waals surface area contributed by atoms with Crippen molar-refractivity contribution < 1.29 is 17.9 Å². The summed E-state index contributed by atoms with van der Waals surface area (Å²) in [5.41, 5.74) is 5.73. The number of ether oxygens (including phenoxy) is 1. The zero-order valence-electron chi connectivity index (χ0n) is 6.81. The second-order valence-corrected chi connectivity index (χ2v) is 3.21. The Morgan fingerprint density at radius 3 is 2.57 bits per heavy atom. The van der Waals surface area contributed by atoms with Crippen molar-refractivity contribution in [3.63, 3.8) is 0 Å². The number of hydrogen-bond acceptors (Lipinski definition) is 3. The summed E-state index contributed by atoms with van der Waals surface area (Å²) < 4.78 is 39.3. The highest BCUT2D eigenvalue weighted by Gasteiger charge is 2.32. The topological polar surface area (TPSA) is 48.1 Å². The summed E-state index contributed by atoms with van der Waals surface area (Å²) in [6.45, 7) is 0.158. The molecule has 0 saturated heterocycles. The Labute approximate surface area is 86.2 Å². The molecule has 0 unspecified atom stereocenters. The molecule has 0 aliphatic heterocycles. The molecule has 0 radical (unpaired) electrons. The first-order chi connectivity index (χ1) is 6.42. The van der Waals surface area contributed by atoms with Crippen LogP contribution in [-0.4, -0.2) is 11.3 Å². The van der Waals surface area contributed by atoms with Gasteiger partial charge in [-0.25, -0.2) is 0 Å². The van der Waals surface area contributed by atoms with E-state index in [-0.39, 0.29) is 16.8 Å². The van der Waals surface area contributed by atoms with Crippen LogP contribution in [0.4, 0.5) is 13.2 Å². The van der Waals surface area contributed by atoms with Gasteiger partial charge in [0.1, 0.15) is 0 Å². The minimum absolute atomic E-state index is 0.158. The fourth-order valence-corrected chi connectivity index (χ4v) is 1.22. The molecular formula is C7H6BrF3N2O. The summed E-state index contributed by atoms with van der Waals surface area (Å²) in [4.78, 5) is 3.66. The third kappa shape index (κ3) is 3.15. The molecule has 0 amide bonds. The minimum atomic E-state index is -4.71. The molecule has 7 heteroatoms. The van der Waals surface area contributed by atoms with Crippen molar-refractivity contribution in [1.29, 1.82) is 0 Å². The van der Waals surface area contributed by atoms with E-state index < -0.39 is 6.36 Å². The van der Waals surface area contributed by atoms with Crippen LogP contribution in [0.3, 0.4) is 0 Å². The molecule has 0 atom stereocenters. The molecule has 1 aromatic heterocycles. The van der Waals surface area contributed by atoms with Gasteiger partial charge in [0.2, 0.25) is 0 Å². The number of alkyl halides is 3. The van der Waals surface area contributed by atoms with Crippen LogP contribution in [0.15, 0.2) is 16.7 Å².